The molecule has 4 nitrogen and oxygen atoms in total. The van der Waals surface area contributed by atoms with Crippen LogP contribution in [0.1, 0.15) is 31.2 Å². The van der Waals surface area contributed by atoms with Gasteiger partial charge >= 0.3 is 5.97 Å². The minimum Gasteiger partial charge on any atom is -0.466 e. The molecule has 0 spiro atoms. The van der Waals surface area contributed by atoms with Crippen molar-refractivity contribution in [2.45, 2.75) is 25.7 Å². The molecule has 1 aromatic heterocycles. The van der Waals surface area contributed by atoms with E-state index in [1.165, 1.54) is 0 Å². The first-order chi connectivity index (χ1) is 10.1. The molecule has 21 heavy (non-hydrogen) atoms. The van der Waals surface area contributed by atoms with E-state index >= 15 is 0 Å². The molecule has 0 N–H and O–H groups in total. The zero-order valence-electron chi connectivity index (χ0n) is 11.4. The van der Waals surface area contributed by atoms with Gasteiger partial charge in [-0.1, -0.05) is 12.1 Å². The van der Waals surface area contributed by atoms with Gasteiger partial charge in [0.1, 0.15) is 5.58 Å². The fourth-order valence-corrected chi connectivity index (χ4v) is 2.65. The van der Waals surface area contributed by atoms with Crippen molar-refractivity contribution in [3.8, 4) is 6.07 Å². The third kappa shape index (κ3) is 3.35. The Morgan fingerprint density at radius 3 is 3.00 bits per heavy atom. The van der Waals surface area contributed by atoms with E-state index in [4.69, 9.17) is 9.15 Å². The predicted octanol–water partition coefficient (Wildman–Crippen LogP) is 4.13. The summed E-state index contributed by atoms with van der Waals surface area (Å²) in [4.78, 5) is 11.4. The standard InChI is InChI=1S/C15H13FINO3/c1-2-20-12(19)7-6-9(8-18)10-4-3-5-11-13(16)15(17)21-14(10)11/h3-5,9H,2,6-7H2,1H3. The zero-order chi connectivity index (χ0) is 15.4. The van der Waals surface area contributed by atoms with Crippen LogP contribution >= 0.6 is 22.6 Å². The first kappa shape index (κ1) is 15.8. The van der Waals surface area contributed by atoms with Gasteiger partial charge in [0.2, 0.25) is 3.77 Å². The van der Waals surface area contributed by atoms with Gasteiger partial charge < -0.3 is 9.15 Å². The summed E-state index contributed by atoms with van der Waals surface area (Å²) in [6, 6.07) is 7.16. The molecule has 0 aliphatic rings. The molecule has 1 atom stereocenters. The molecule has 1 aromatic carbocycles. The highest BCUT2D eigenvalue weighted by atomic mass is 127. The SMILES string of the molecule is CCOC(=O)CCC(C#N)c1cccc2c(F)c(I)oc12. The van der Waals surface area contributed by atoms with Crippen molar-refractivity contribution >= 4 is 39.5 Å². The maximum absolute atomic E-state index is 13.9. The maximum atomic E-state index is 13.9. The van der Waals surface area contributed by atoms with Gasteiger partial charge in [-0.2, -0.15) is 5.26 Å². The number of halogens is 2. The number of nitrogens with zero attached hydrogens (tertiary/aromatic N) is 1. The van der Waals surface area contributed by atoms with E-state index in [1.54, 1.807) is 47.7 Å². The van der Waals surface area contributed by atoms with Crippen LogP contribution in [0.2, 0.25) is 0 Å². The van der Waals surface area contributed by atoms with Crippen LogP contribution in [0.3, 0.4) is 0 Å². The Morgan fingerprint density at radius 2 is 2.33 bits per heavy atom. The molecule has 0 aliphatic heterocycles. The fraction of sp³-hybridized carbons (Fsp3) is 0.333. The number of esters is 1. The van der Waals surface area contributed by atoms with Crippen molar-refractivity contribution in [1.82, 2.24) is 0 Å². The Hall–Kier alpha value is -1.62. The summed E-state index contributed by atoms with van der Waals surface area (Å²) in [6.45, 7) is 2.04. The van der Waals surface area contributed by atoms with E-state index in [0.717, 1.165) is 0 Å². The first-order valence-corrected chi connectivity index (χ1v) is 7.58. The Kier molecular flexibility index (Phi) is 5.17. The second-order valence-corrected chi connectivity index (χ2v) is 5.42. The summed E-state index contributed by atoms with van der Waals surface area (Å²) in [7, 11) is 0. The molecule has 6 heteroatoms. The molecule has 2 rings (SSSR count). The number of hydrogen-bond donors (Lipinski definition) is 0. The first-order valence-electron chi connectivity index (χ1n) is 6.50. The quantitative estimate of drug-likeness (QED) is 0.559. The predicted molar refractivity (Wildman–Crippen MR) is 83.1 cm³/mol. The van der Waals surface area contributed by atoms with Crippen molar-refractivity contribution in [2.75, 3.05) is 6.61 Å². The van der Waals surface area contributed by atoms with Gasteiger partial charge in [0.15, 0.2) is 5.82 Å². The second kappa shape index (κ2) is 6.89. The summed E-state index contributed by atoms with van der Waals surface area (Å²) in [5, 5.41) is 9.67. The van der Waals surface area contributed by atoms with Crippen LogP contribution in [0.25, 0.3) is 11.0 Å². The summed E-state index contributed by atoms with van der Waals surface area (Å²) in [6.07, 6.45) is 0.454. The maximum Gasteiger partial charge on any atom is 0.305 e. The van der Waals surface area contributed by atoms with Crippen LogP contribution in [-0.4, -0.2) is 12.6 Å². The molecule has 110 valence electrons. The number of rotatable bonds is 5. The number of carbonyl (C=O) groups excluding carboxylic acids is 1. The number of hydrogen-bond acceptors (Lipinski definition) is 4. The Balaban J connectivity index is 2.29. The molecular weight excluding hydrogens is 388 g/mol. The topological polar surface area (TPSA) is 63.2 Å². The number of carbonyl (C=O) groups is 1. The molecule has 0 fully saturated rings. The molecular formula is C15H13FINO3. The smallest absolute Gasteiger partial charge is 0.305 e. The zero-order valence-corrected chi connectivity index (χ0v) is 13.5. The number of fused-ring (bicyclic) bond motifs is 1. The summed E-state index contributed by atoms with van der Waals surface area (Å²) >= 11 is 1.77. The lowest BCUT2D eigenvalue weighted by Gasteiger charge is -2.09. The molecule has 0 radical (unpaired) electrons. The third-order valence-corrected chi connectivity index (χ3v) is 3.81. The largest absolute Gasteiger partial charge is 0.466 e. The highest BCUT2D eigenvalue weighted by molar-refractivity contribution is 14.1. The Bertz CT molecular complexity index is 705. The summed E-state index contributed by atoms with van der Waals surface area (Å²) in [5.74, 6) is -1.31. The summed E-state index contributed by atoms with van der Waals surface area (Å²) < 4.78 is 24.3. The molecule has 1 heterocycles. The van der Waals surface area contributed by atoms with Gasteiger partial charge in [-0.3, -0.25) is 4.79 Å². The van der Waals surface area contributed by atoms with Crippen molar-refractivity contribution in [2.24, 2.45) is 0 Å². The minimum atomic E-state index is -0.542. The monoisotopic (exact) mass is 401 g/mol. The van der Waals surface area contributed by atoms with Gasteiger partial charge in [0, 0.05) is 34.6 Å². The Labute approximate surface area is 135 Å². The van der Waals surface area contributed by atoms with Gasteiger partial charge in [-0.25, -0.2) is 4.39 Å². The molecule has 0 saturated heterocycles. The van der Waals surface area contributed by atoms with Crippen LogP contribution in [0.4, 0.5) is 4.39 Å². The number of benzene rings is 1. The molecule has 1 unspecified atom stereocenters. The number of nitriles is 1. The van der Waals surface area contributed by atoms with Crippen molar-refractivity contribution in [3.05, 3.63) is 33.3 Å². The minimum absolute atomic E-state index is 0.142. The second-order valence-electron chi connectivity index (χ2n) is 4.44. The van der Waals surface area contributed by atoms with Crippen LogP contribution in [0, 0.1) is 20.9 Å². The van der Waals surface area contributed by atoms with Crippen molar-refractivity contribution < 1.29 is 18.3 Å². The lowest BCUT2D eigenvalue weighted by Crippen LogP contribution is -2.06. The molecule has 0 amide bonds. The van der Waals surface area contributed by atoms with E-state index < -0.39 is 11.7 Å². The van der Waals surface area contributed by atoms with Crippen molar-refractivity contribution in [1.29, 1.82) is 5.26 Å². The summed E-state index contributed by atoms with van der Waals surface area (Å²) in [5.41, 5.74) is 0.968. The van der Waals surface area contributed by atoms with E-state index in [-0.39, 0.29) is 16.2 Å². The number of ether oxygens (including phenoxy) is 1. The van der Waals surface area contributed by atoms with Gasteiger partial charge in [-0.05, 0) is 19.4 Å². The lowest BCUT2D eigenvalue weighted by molar-refractivity contribution is -0.143. The van der Waals surface area contributed by atoms with E-state index in [1.807, 2.05) is 0 Å². The van der Waals surface area contributed by atoms with Crippen LogP contribution in [0.5, 0.6) is 0 Å². The van der Waals surface area contributed by atoms with Gasteiger partial charge in [0.05, 0.1) is 24.0 Å². The lowest BCUT2D eigenvalue weighted by atomic mass is 9.94. The van der Waals surface area contributed by atoms with Gasteiger partial charge in [0.25, 0.3) is 0 Å². The third-order valence-electron chi connectivity index (χ3n) is 3.12. The fourth-order valence-electron chi connectivity index (χ4n) is 2.14. The average Bonchev–Trinajstić information content (AvgIpc) is 2.76. The normalized spacial score (nSPS) is 12.1. The number of para-hydroxylation sites is 1. The highest BCUT2D eigenvalue weighted by Crippen LogP contribution is 2.33. The van der Waals surface area contributed by atoms with E-state index in [2.05, 4.69) is 6.07 Å². The van der Waals surface area contributed by atoms with Crippen LogP contribution in [0.15, 0.2) is 22.6 Å². The molecule has 0 aliphatic carbocycles. The molecule has 0 saturated carbocycles. The molecule has 0 bridgehead atoms. The van der Waals surface area contributed by atoms with Crippen LogP contribution in [-0.2, 0) is 9.53 Å². The van der Waals surface area contributed by atoms with E-state index in [0.29, 0.717) is 29.6 Å². The van der Waals surface area contributed by atoms with Gasteiger partial charge in [-0.15, -0.1) is 0 Å². The van der Waals surface area contributed by atoms with Crippen molar-refractivity contribution in [3.63, 3.8) is 0 Å². The van der Waals surface area contributed by atoms with Crippen LogP contribution < -0.4 is 0 Å². The Morgan fingerprint density at radius 1 is 1.57 bits per heavy atom. The van der Waals surface area contributed by atoms with E-state index in [9.17, 15) is 14.4 Å². The molecule has 2 aromatic rings. The average molecular weight is 401 g/mol. The highest BCUT2D eigenvalue weighted by Gasteiger charge is 2.21. The number of furan rings is 1.